The maximum absolute atomic E-state index is 10.00. The minimum atomic E-state index is 0.144. The lowest BCUT2D eigenvalue weighted by Gasteiger charge is -2.11. The molecule has 0 aliphatic carbocycles. The van der Waals surface area contributed by atoms with E-state index in [-0.39, 0.29) is 6.10 Å². The van der Waals surface area contributed by atoms with Crippen molar-refractivity contribution in [1.82, 2.24) is 0 Å². The summed E-state index contributed by atoms with van der Waals surface area (Å²) >= 11 is 0. The molecule has 1 atom stereocenters. The third kappa shape index (κ3) is 2.65. The van der Waals surface area contributed by atoms with E-state index in [1.807, 2.05) is 0 Å². The number of rotatable bonds is 3. The van der Waals surface area contributed by atoms with Gasteiger partial charge >= 0.3 is 0 Å². The molecule has 15 heavy (non-hydrogen) atoms. The molecule has 0 radical (unpaired) electrons. The van der Waals surface area contributed by atoms with Crippen LogP contribution in [0.3, 0.4) is 0 Å². The highest BCUT2D eigenvalue weighted by Gasteiger charge is 2.16. The molecule has 1 aliphatic heterocycles. The van der Waals surface area contributed by atoms with E-state index in [0.717, 1.165) is 18.8 Å². The Morgan fingerprint density at radius 1 is 1.40 bits per heavy atom. The van der Waals surface area contributed by atoms with Gasteiger partial charge in [-0.15, -0.1) is 0 Å². The SMILES string of the molecule is O=C=Nc1ccc(O[C@H]2CCOC2)cc1. The average molecular weight is 205 g/mol. The lowest BCUT2D eigenvalue weighted by molar-refractivity contribution is 0.141. The zero-order valence-electron chi connectivity index (χ0n) is 8.18. The standard InChI is InChI=1S/C11H11NO3/c13-8-12-9-1-3-10(4-2-9)15-11-5-6-14-7-11/h1-4,11H,5-7H2/t11-/m0/s1. The molecular formula is C11H11NO3. The van der Waals surface area contributed by atoms with Gasteiger partial charge in [-0.3, -0.25) is 0 Å². The van der Waals surface area contributed by atoms with Crippen LogP contribution < -0.4 is 4.74 Å². The van der Waals surface area contributed by atoms with Crippen molar-refractivity contribution in [2.75, 3.05) is 13.2 Å². The Bertz CT molecular complexity index is 362. The molecule has 0 spiro atoms. The first kappa shape index (κ1) is 9.90. The average Bonchev–Trinajstić information content (AvgIpc) is 2.74. The summed E-state index contributed by atoms with van der Waals surface area (Å²) in [6.07, 6.45) is 2.56. The largest absolute Gasteiger partial charge is 0.488 e. The van der Waals surface area contributed by atoms with Crippen LogP contribution >= 0.6 is 0 Å². The molecule has 2 rings (SSSR count). The molecule has 1 aromatic carbocycles. The van der Waals surface area contributed by atoms with Crippen molar-refractivity contribution in [3.8, 4) is 5.75 Å². The summed E-state index contributed by atoms with van der Waals surface area (Å²) in [6.45, 7) is 1.41. The number of isocyanates is 1. The highest BCUT2D eigenvalue weighted by molar-refractivity contribution is 5.50. The lowest BCUT2D eigenvalue weighted by atomic mass is 10.3. The first-order valence-corrected chi connectivity index (χ1v) is 4.81. The lowest BCUT2D eigenvalue weighted by Crippen LogP contribution is -2.15. The third-order valence-corrected chi connectivity index (χ3v) is 2.20. The summed E-state index contributed by atoms with van der Waals surface area (Å²) in [7, 11) is 0. The van der Waals surface area contributed by atoms with Crippen LogP contribution in [0.15, 0.2) is 29.3 Å². The molecule has 0 unspecified atom stereocenters. The van der Waals surface area contributed by atoms with E-state index in [9.17, 15) is 4.79 Å². The zero-order chi connectivity index (χ0) is 10.5. The molecule has 0 amide bonds. The van der Waals surface area contributed by atoms with E-state index < -0.39 is 0 Å². The van der Waals surface area contributed by atoms with Crippen LogP contribution in [0.4, 0.5) is 5.69 Å². The predicted molar refractivity (Wildman–Crippen MR) is 54.1 cm³/mol. The number of aliphatic imine (C=N–C) groups is 1. The first-order valence-electron chi connectivity index (χ1n) is 4.81. The second-order valence-electron chi connectivity index (χ2n) is 3.30. The quantitative estimate of drug-likeness (QED) is 0.558. The van der Waals surface area contributed by atoms with E-state index in [2.05, 4.69) is 4.99 Å². The summed E-state index contributed by atoms with van der Waals surface area (Å²) < 4.78 is 10.8. The van der Waals surface area contributed by atoms with Crippen molar-refractivity contribution in [1.29, 1.82) is 0 Å². The zero-order valence-corrected chi connectivity index (χ0v) is 8.18. The van der Waals surface area contributed by atoms with Crippen LogP contribution in [-0.2, 0) is 9.53 Å². The number of ether oxygens (including phenoxy) is 2. The monoisotopic (exact) mass is 205 g/mol. The number of carbonyl (C=O) groups excluding carboxylic acids is 1. The summed E-state index contributed by atoms with van der Waals surface area (Å²) in [5, 5.41) is 0. The van der Waals surface area contributed by atoms with Crippen LogP contribution in [0.1, 0.15) is 6.42 Å². The fourth-order valence-corrected chi connectivity index (χ4v) is 1.45. The highest BCUT2D eigenvalue weighted by atomic mass is 16.5. The second kappa shape index (κ2) is 4.73. The summed E-state index contributed by atoms with van der Waals surface area (Å²) in [4.78, 5) is 13.5. The minimum absolute atomic E-state index is 0.144. The fraction of sp³-hybridized carbons (Fsp3) is 0.364. The van der Waals surface area contributed by atoms with Crippen LogP contribution in [0.5, 0.6) is 5.75 Å². The van der Waals surface area contributed by atoms with E-state index in [0.29, 0.717) is 12.3 Å². The molecule has 1 saturated heterocycles. The van der Waals surface area contributed by atoms with Gasteiger partial charge in [0.1, 0.15) is 11.9 Å². The summed E-state index contributed by atoms with van der Waals surface area (Å²) in [6, 6.07) is 7.01. The van der Waals surface area contributed by atoms with Crippen molar-refractivity contribution < 1.29 is 14.3 Å². The third-order valence-electron chi connectivity index (χ3n) is 2.20. The Morgan fingerprint density at radius 3 is 2.80 bits per heavy atom. The Labute approximate surface area is 87.5 Å². The minimum Gasteiger partial charge on any atom is -0.488 e. The Kier molecular flexibility index (Phi) is 3.12. The van der Waals surface area contributed by atoms with Crippen molar-refractivity contribution in [3.05, 3.63) is 24.3 Å². The molecule has 78 valence electrons. The van der Waals surface area contributed by atoms with Gasteiger partial charge in [0.25, 0.3) is 0 Å². The molecule has 1 fully saturated rings. The first-order chi connectivity index (χ1) is 7.38. The van der Waals surface area contributed by atoms with E-state index in [1.54, 1.807) is 24.3 Å². The maximum atomic E-state index is 10.00. The van der Waals surface area contributed by atoms with Crippen LogP contribution in [0, 0.1) is 0 Å². The molecular weight excluding hydrogens is 194 g/mol. The molecule has 1 heterocycles. The van der Waals surface area contributed by atoms with Crippen LogP contribution in [-0.4, -0.2) is 25.4 Å². The van der Waals surface area contributed by atoms with Gasteiger partial charge in [-0.1, -0.05) is 0 Å². The molecule has 1 aliphatic rings. The Hall–Kier alpha value is -1.64. The number of benzene rings is 1. The normalized spacial score (nSPS) is 19.6. The smallest absolute Gasteiger partial charge is 0.240 e. The second-order valence-corrected chi connectivity index (χ2v) is 3.30. The van der Waals surface area contributed by atoms with E-state index in [4.69, 9.17) is 9.47 Å². The van der Waals surface area contributed by atoms with Crippen molar-refractivity contribution in [3.63, 3.8) is 0 Å². The van der Waals surface area contributed by atoms with Crippen molar-refractivity contribution >= 4 is 11.8 Å². The van der Waals surface area contributed by atoms with Crippen LogP contribution in [0.25, 0.3) is 0 Å². The Morgan fingerprint density at radius 2 is 2.20 bits per heavy atom. The molecule has 0 bridgehead atoms. The summed E-state index contributed by atoms with van der Waals surface area (Å²) in [5.41, 5.74) is 0.583. The van der Waals surface area contributed by atoms with E-state index >= 15 is 0 Å². The molecule has 0 saturated carbocycles. The van der Waals surface area contributed by atoms with Gasteiger partial charge in [0.05, 0.1) is 18.9 Å². The van der Waals surface area contributed by atoms with Gasteiger partial charge in [0.15, 0.2) is 0 Å². The maximum Gasteiger partial charge on any atom is 0.240 e. The predicted octanol–water partition coefficient (Wildman–Crippen LogP) is 1.82. The fourth-order valence-electron chi connectivity index (χ4n) is 1.45. The van der Waals surface area contributed by atoms with Gasteiger partial charge in [0, 0.05) is 6.42 Å². The van der Waals surface area contributed by atoms with Gasteiger partial charge in [-0.25, -0.2) is 4.79 Å². The number of hydrogen-bond acceptors (Lipinski definition) is 4. The highest BCUT2D eigenvalue weighted by Crippen LogP contribution is 2.20. The molecule has 4 nitrogen and oxygen atoms in total. The topological polar surface area (TPSA) is 47.9 Å². The van der Waals surface area contributed by atoms with Crippen molar-refractivity contribution in [2.24, 2.45) is 4.99 Å². The van der Waals surface area contributed by atoms with Gasteiger partial charge < -0.3 is 9.47 Å². The molecule has 1 aromatic rings. The number of hydrogen-bond donors (Lipinski definition) is 0. The van der Waals surface area contributed by atoms with Gasteiger partial charge in [-0.2, -0.15) is 4.99 Å². The molecule has 4 heteroatoms. The number of nitrogens with zero attached hydrogens (tertiary/aromatic N) is 1. The van der Waals surface area contributed by atoms with E-state index in [1.165, 1.54) is 6.08 Å². The summed E-state index contributed by atoms with van der Waals surface area (Å²) in [5.74, 6) is 0.773. The molecule has 0 aromatic heterocycles. The van der Waals surface area contributed by atoms with Gasteiger partial charge in [0.2, 0.25) is 6.08 Å². The van der Waals surface area contributed by atoms with Crippen LogP contribution in [0.2, 0.25) is 0 Å². The van der Waals surface area contributed by atoms with Gasteiger partial charge in [-0.05, 0) is 24.3 Å². The van der Waals surface area contributed by atoms with Crippen molar-refractivity contribution in [2.45, 2.75) is 12.5 Å². The Balaban J connectivity index is 1.99. The molecule has 0 N–H and O–H groups in total.